The topological polar surface area (TPSA) is 12.5 Å². The first-order chi connectivity index (χ1) is 21.7. The maximum Gasteiger partial charge on any atom is 0.0575 e. The van der Waals surface area contributed by atoms with E-state index in [-0.39, 0.29) is 0 Å². The van der Waals surface area contributed by atoms with Crippen molar-refractivity contribution in [1.82, 2.24) is 4.90 Å². The largest absolute Gasteiger partial charge is 0.378 e. The van der Waals surface area contributed by atoms with Crippen LogP contribution in [0.3, 0.4) is 0 Å². The molecule has 0 spiro atoms. The summed E-state index contributed by atoms with van der Waals surface area (Å²) in [6.45, 7) is 6.59. The summed E-state index contributed by atoms with van der Waals surface area (Å²) >= 11 is 0. The maximum absolute atomic E-state index is 6.39. The molecular weight excluding hydrogens is 534 g/mol. The molecule has 0 aromatic rings. The number of allylic oxidation sites excluding steroid dienone is 8. The number of rotatable bonds is 35. The number of nitrogens with zero attached hydrogens (tertiary/aromatic N) is 1. The SMILES string of the molecule is CCCCC/C=C\C/C=C\CCCCCCCCC(CCCCCCCC/C=C\C/C=C\CCCCC)OCCCN(C)C. The van der Waals surface area contributed by atoms with E-state index in [4.69, 9.17) is 4.74 Å². The Bertz CT molecular complexity index is 598. The highest BCUT2D eigenvalue weighted by Crippen LogP contribution is 2.18. The molecule has 2 heteroatoms. The minimum Gasteiger partial charge on any atom is -0.378 e. The molecular formula is C42H79NO. The predicted molar refractivity (Wildman–Crippen MR) is 201 cm³/mol. The summed E-state index contributed by atoms with van der Waals surface area (Å²) in [6, 6.07) is 0. The zero-order valence-corrected chi connectivity index (χ0v) is 30.6. The van der Waals surface area contributed by atoms with Crippen LogP contribution in [0.2, 0.25) is 0 Å². The van der Waals surface area contributed by atoms with E-state index in [0.717, 1.165) is 32.4 Å². The van der Waals surface area contributed by atoms with Crippen molar-refractivity contribution in [2.24, 2.45) is 0 Å². The fraction of sp³-hybridized carbons (Fsp3) is 0.810. The zero-order chi connectivity index (χ0) is 32.0. The van der Waals surface area contributed by atoms with Crippen molar-refractivity contribution in [2.75, 3.05) is 27.2 Å². The summed E-state index contributed by atoms with van der Waals surface area (Å²) in [7, 11) is 4.32. The van der Waals surface area contributed by atoms with Crippen molar-refractivity contribution < 1.29 is 4.74 Å². The summed E-state index contributed by atoms with van der Waals surface area (Å²) in [5.41, 5.74) is 0. The molecule has 0 aliphatic rings. The Balaban J connectivity index is 3.83. The third-order valence-electron chi connectivity index (χ3n) is 8.56. The van der Waals surface area contributed by atoms with Crippen LogP contribution in [-0.4, -0.2) is 38.3 Å². The first-order valence-corrected chi connectivity index (χ1v) is 19.6. The van der Waals surface area contributed by atoms with Crippen LogP contribution >= 0.6 is 0 Å². The number of hydrogen-bond donors (Lipinski definition) is 0. The number of hydrogen-bond acceptors (Lipinski definition) is 2. The standard InChI is InChI=1S/C42H79NO/c1-5-7-9-11-13-15-17-19-21-23-25-27-29-31-33-35-38-42(44-41-37-40-43(3)4)39-36-34-32-30-28-26-24-22-20-18-16-14-12-10-8-6-2/h13-16,19-22,42H,5-12,17-18,23-41H2,1-4H3/b15-13-,16-14-,21-19-,22-20-. The Kier molecular flexibility index (Phi) is 37.1. The predicted octanol–water partition coefficient (Wildman–Crippen LogP) is 13.7. The molecule has 0 unspecified atom stereocenters. The van der Waals surface area contributed by atoms with Crippen LogP contribution in [0.4, 0.5) is 0 Å². The Morgan fingerprint density at radius 3 is 1.18 bits per heavy atom. The molecule has 0 heterocycles. The Morgan fingerprint density at radius 2 is 0.795 bits per heavy atom. The van der Waals surface area contributed by atoms with Crippen LogP contribution in [0.25, 0.3) is 0 Å². The van der Waals surface area contributed by atoms with Gasteiger partial charge in [0.25, 0.3) is 0 Å². The minimum atomic E-state index is 0.480. The lowest BCUT2D eigenvalue weighted by atomic mass is 10.0. The van der Waals surface area contributed by atoms with Crippen LogP contribution in [0.15, 0.2) is 48.6 Å². The van der Waals surface area contributed by atoms with E-state index >= 15 is 0 Å². The molecule has 0 rings (SSSR count). The fourth-order valence-corrected chi connectivity index (χ4v) is 5.66. The molecule has 0 atom stereocenters. The van der Waals surface area contributed by atoms with Crippen molar-refractivity contribution in [3.63, 3.8) is 0 Å². The molecule has 0 aromatic heterocycles. The van der Waals surface area contributed by atoms with Gasteiger partial charge in [0.15, 0.2) is 0 Å². The lowest BCUT2D eigenvalue weighted by Gasteiger charge is -2.19. The van der Waals surface area contributed by atoms with Gasteiger partial charge in [-0.15, -0.1) is 0 Å². The monoisotopic (exact) mass is 614 g/mol. The molecule has 0 bridgehead atoms. The van der Waals surface area contributed by atoms with E-state index in [9.17, 15) is 0 Å². The summed E-state index contributed by atoms with van der Waals surface area (Å²) in [5, 5.41) is 0. The van der Waals surface area contributed by atoms with Crippen LogP contribution < -0.4 is 0 Å². The van der Waals surface area contributed by atoms with E-state index in [2.05, 4.69) is 81.5 Å². The number of ether oxygens (including phenoxy) is 1. The third kappa shape index (κ3) is 37.1. The zero-order valence-electron chi connectivity index (χ0n) is 30.6. The molecule has 0 aliphatic heterocycles. The number of unbranched alkanes of at least 4 members (excludes halogenated alkanes) is 18. The second-order valence-electron chi connectivity index (χ2n) is 13.4. The van der Waals surface area contributed by atoms with Crippen LogP contribution in [-0.2, 0) is 4.74 Å². The average Bonchev–Trinajstić information content (AvgIpc) is 3.02. The van der Waals surface area contributed by atoms with E-state index < -0.39 is 0 Å². The van der Waals surface area contributed by atoms with Gasteiger partial charge in [-0.2, -0.15) is 0 Å². The van der Waals surface area contributed by atoms with E-state index in [1.807, 2.05) is 0 Å². The Morgan fingerprint density at radius 1 is 0.432 bits per heavy atom. The summed E-state index contributed by atoms with van der Waals surface area (Å²) in [6.07, 6.45) is 54.8. The lowest BCUT2D eigenvalue weighted by molar-refractivity contribution is 0.0342. The summed E-state index contributed by atoms with van der Waals surface area (Å²) in [5.74, 6) is 0. The van der Waals surface area contributed by atoms with Gasteiger partial charge in [-0.25, -0.2) is 0 Å². The van der Waals surface area contributed by atoms with Crippen LogP contribution in [0.5, 0.6) is 0 Å². The van der Waals surface area contributed by atoms with Crippen LogP contribution in [0.1, 0.15) is 187 Å². The second kappa shape index (κ2) is 38.1. The van der Waals surface area contributed by atoms with E-state index in [1.165, 1.54) is 154 Å². The molecule has 0 amide bonds. The highest BCUT2D eigenvalue weighted by Gasteiger charge is 2.09. The van der Waals surface area contributed by atoms with Gasteiger partial charge in [0.05, 0.1) is 6.10 Å². The highest BCUT2D eigenvalue weighted by atomic mass is 16.5. The summed E-state index contributed by atoms with van der Waals surface area (Å²) in [4.78, 5) is 2.27. The van der Waals surface area contributed by atoms with Crippen molar-refractivity contribution in [1.29, 1.82) is 0 Å². The Hall–Kier alpha value is -1.12. The van der Waals surface area contributed by atoms with Gasteiger partial charge in [0.2, 0.25) is 0 Å². The first kappa shape index (κ1) is 42.9. The highest BCUT2D eigenvalue weighted by molar-refractivity contribution is 4.93. The molecule has 0 saturated heterocycles. The molecule has 44 heavy (non-hydrogen) atoms. The third-order valence-corrected chi connectivity index (χ3v) is 8.56. The van der Waals surface area contributed by atoms with Gasteiger partial charge in [-0.1, -0.05) is 152 Å². The molecule has 0 saturated carbocycles. The minimum absolute atomic E-state index is 0.480. The van der Waals surface area contributed by atoms with E-state index in [0.29, 0.717) is 6.10 Å². The van der Waals surface area contributed by atoms with Gasteiger partial charge in [-0.3, -0.25) is 0 Å². The molecule has 0 radical (unpaired) electrons. The van der Waals surface area contributed by atoms with Gasteiger partial charge >= 0.3 is 0 Å². The Labute approximate surface area is 278 Å². The molecule has 2 nitrogen and oxygen atoms in total. The second-order valence-corrected chi connectivity index (χ2v) is 13.4. The van der Waals surface area contributed by atoms with Gasteiger partial charge in [-0.05, 0) is 104 Å². The van der Waals surface area contributed by atoms with E-state index in [1.54, 1.807) is 0 Å². The average molecular weight is 614 g/mol. The van der Waals surface area contributed by atoms with Crippen molar-refractivity contribution >= 4 is 0 Å². The fourth-order valence-electron chi connectivity index (χ4n) is 5.66. The molecule has 0 aromatic carbocycles. The van der Waals surface area contributed by atoms with Gasteiger partial charge < -0.3 is 9.64 Å². The normalized spacial score (nSPS) is 12.6. The van der Waals surface area contributed by atoms with Crippen molar-refractivity contribution in [3.05, 3.63) is 48.6 Å². The quantitative estimate of drug-likeness (QED) is 0.0521. The van der Waals surface area contributed by atoms with Crippen molar-refractivity contribution in [3.8, 4) is 0 Å². The van der Waals surface area contributed by atoms with Gasteiger partial charge in [0, 0.05) is 6.61 Å². The molecule has 0 N–H and O–H groups in total. The summed E-state index contributed by atoms with van der Waals surface area (Å²) < 4.78 is 6.39. The lowest BCUT2D eigenvalue weighted by Crippen LogP contribution is -2.18. The van der Waals surface area contributed by atoms with Crippen molar-refractivity contribution in [2.45, 2.75) is 193 Å². The smallest absolute Gasteiger partial charge is 0.0575 e. The molecule has 258 valence electrons. The molecule has 0 fully saturated rings. The maximum atomic E-state index is 6.39. The molecule has 0 aliphatic carbocycles. The van der Waals surface area contributed by atoms with Crippen LogP contribution in [0, 0.1) is 0 Å². The first-order valence-electron chi connectivity index (χ1n) is 19.6. The van der Waals surface area contributed by atoms with Gasteiger partial charge in [0.1, 0.15) is 0 Å².